The zero-order valence-electron chi connectivity index (χ0n) is 7.04. The molecule has 0 amide bonds. The monoisotopic (exact) mass is 157 g/mol. The maximum atomic E-state index is 7.61. The predicted molar refractivity (Wildman–Crippen MR) is 52.4 cm³/mol. The second-order valence-corrected chi connectivity index (χ2v) is 2.39. The van der Waals surface area contributed by atoms with Gasteiger partial charge in [0, 0.05) is 0 Å². The molecular formula is C11H11N. The first kappa shape index (κ1) is 8.51. The topological polar surface area (TPSA) is 23.9 Å². The minimum Gasteiger partial charge on any atom is -0.300 e. The van der Waals surface area contributed by atoms with Crippen LogP contribution in [-0.2, 0) is 0 Å². The minimum atomic E-state index is 0.530. The van der Waals surface area contributed by atoms with Crippen LogP contribution < -0.4 is 0 Å². The van der Waals surface area contributed by atoms with Crippen LogP contribution in [0.3, 0.4) is 0 Å². The van der Waals surface area contributed by atoms with Gasteiger partial charge in [-0.1, -0.05) is 18.2 Å². The van der Waals surface area contributed by atoms with Gasteiger partial charge in [-0.15, -0.1) is 5.73 Å². The molecule has 0 aromatic carbocycles. The minimum absolute atomic E-state index is 0.530. The molecule has 1 aliphatic rings. The number of allylic oxidation sites excluding steroid dienone is 7. The molecule has 0 bridgehead atoms. The van der Waals surface area contributed by atoms with Crippen LogP contribution in [-0.4, -0.2) is 5.71 Å². The number of hydrogen-bond donors (Lipinski definition) is 1. The van der Waals surface area contributed by atoms with Crippen molar-refractivity contribution >= 4 is 5.71 Å². The Morgan fingerprint density at radius 1 is 1.50 bits per heavy atom. The van der Waals surface area contributed by atoms with Crippen LogP contribution in [0.4, 0.5) is 0 Å². The summed E-state index contributed by atoms with van der Waals surface area (Å²) in [6.07, 6.45) is 12.9. The molecule has 0 spiro atoms. The van der Waals surface area contributed by atoms with Gasteiger partial charge in [-0.3, -0.25) is 0 Å². The zero-order chi connectivity index (χ0) is 8.81. The van der Waals surface area contributed by atoms with Crippen molar-refractivity contribution in [1.82, 2.24) is 0 Å². The highest BCUT2D eigenvalue weighted by atomic mass is 14.4. The highest BCUT2D eigenvalue weighted by molar-refractivity contribution is 6.08. The molecule has 0 fully saturated rings. The average molecular weight is 157 g/mol. The van der Waals surface area contributed by atoms with Crippen LogP contribution in [0.2, 0.25) is 0 Å². The van der Waals surface area contributed by atoms with Gasteiger partial charge in [0.05, 0.1) is 5.71 Å². The normalized spacial score (nSPS) is 14.9. The van der Waals surface area contributed by atoms with E-state index in [1.165, 1.54) is 0 Å². The summed E-state index contributed by atoms with van der Waals surface area (Å²) in [5.74, 6) is 0. The molecule has 12 heavy (non-hydrogen) atoms. The smallest absolute Gasteiger partial charge is 0.0609 e. The lowest BCUT2D eigenvalue weighted by Crippen LogP contribution is -1.92. The SMILES string of the molecule is CC=CC(=N)C1=CC=C=CC=C1. The van der Waals surface area contributed by atoms with E-state index >= 15 is 0 Å². The molecule has 1 aliphatic carbocycles. The first-order valence-corrected chi connectivity index (χ1v) is 3.85. The fraction of sp³-hybridized carbons (Fsp3) is 0.0909. The van der Waals surface area contributed by atoms with Gasteiger partial charge in [0.25, 0.3) is 0 Å². The van der Waals surface area contributed by atoms with E-state index in [1.807, 2.05) is 43.4 Å². The third kappa shape index (κ3) is 2.22. The molecule has 1 N–H and O–H groups in total. The molecule has 0 aliphatic heterocycles. The molecule has 1 nitrogen and oxygen atoms in total. The second kappa shape index (κ2) is 4.32. The van der Waals surface area contributed by atoms with Gasteiger partial charge in [-0.2, -0.15) is 0 Å². The summed E-state index contributed by atoms with van der Waals surface area (Å²) in [6, 6.07) is 0. The Morgan fingerprint density at radius 2 is 2.33 bits per heavy atom. The molecule has 1 heteroatoms. The van der Waals surface area contributed by atoms with Gasteiger partial charge in [-0.25, -0.2) is 0 Å². The van der Waals surface area contributed by atoms with E-state index < -0.39 is 0 Å². The van der Waals surface area contributed by atoms with Gasteiger partial charge >= 0.3 is 0 Å². The van der Waals surface area contributed by atoms with Crippen molar-refractivity contribution in [3.05, 3.63) is 53.8 Å². The van der Waals surface area contributed by atoms with Crippen molar-refractivity contribution in [3.63, 3.8) is 0 Å². The maximum absolute atomic E-state index is 7.61. The number of hydrogen-bond acceptors (Lipinski definition) is 1. The molecule has 0 atom stereocenters. The third-order valence-corrected chi connectivity index (χ3v) is 1.47. The van der Waals surface area contributed by atoms with Crippen molar-refractivity contribution in [3.8, 4) is 0 Å². The number of nitrogens with one attached hydrogen (secondary N) is 1. The summed E-state index contributed by atoms with van der Waals surface area (Å²) >= 11 is 0. The zero-order valence-corrected chi connectivity index (χ0v) is 7.04. The van der Waals surface area contributed by atoms with Crippen molar-refractivity contribution in [2.75, 3.05) is 0 Å². The Balaban J connectivity index is 2.84. The fourth-order valence-corrected chi connectivity index (χ4v) is 0.899. The largest absolute Gasteiger partial charge is 0.300 e. The van der Waals surface area contributed by atoms with Crippen LogP contribution in [0.5, 0.6) is 0 Å². The molecule has 0 saturated heterocycles. The highest BCUT2D eigenvalue weighted by Crippen LogP contribution is 2.03. The maximum Gasteiger partial charge on any atom is 0.0609 e. The first-order valence-electron chi connectivity index (χ1n) is 3.85. The van der Waals surface area contributed by atoms with Crippen molar-refractivity contribution in [1.29, 1.82) is 5.41 Å². The Labute approximate surface area is 72.6 Å². The van der Waals surface area contributed by atoms with E-state index in [-0.39, 0.29) is 0 Å². The molecule has 0 saturated carbocycles. The lowest BCUT2D eigenvalue weighted by Gasteiger charge is -1.95. The summed E-state index contributed by atoms with van der Waals surface area (Å²) in [4.78, 5) is 0. The molecular weight excluding hydrogens is 146 g/mol. The van der Waals surface area contributed by atoms with E-state index in [2.05, 4.69) is 5.73 Å². The lowest BCUT2D eigenvalue weighted by molar-refractivity contribution is 1.50. The Hall–Kier alpha value is -1.59. The van der Waals surface area contributed by atoms with Crippen LogP contribution in [0.1, 0.15) is 6.92 Å². The summed E-state index contributed by atoms with van der Waals surface area (Å²) in [6.45, 7) is 1.91. The van der Waals surface area contributed by atoms with E-state index in [0.29, 0.717) is 5.71 Å². The van der Waals surface area contributed by atoms with E-state index in [0.717, 1.165) is 5.57 Å². The summed E-state index contributed by atoms with van der Waals surface area (Å²) < 4.78 is 0. The van der Waals surface area contributed by atoms with E-state index in [4.69, 9.17) is 5.41 Å². The van der Waals surface area contributed by atoms with Gasteiger partial charge in [-0.05, 0) is 36.8 Å². The molecule has 60 valence electrons. The fourth-order valence-electron chi connectivity index (χ4n) is 0.899. The highest BCUT2D eigenvalue weighted by Gasteiger charge is 1.95. The summed E-state index contributed by atoms with van der Waals surface area (Å²) in [7, 11) is 0. The molecule has 0 radical (unpaired) electrons. The van der Waals surface area contributed by atoms with Crippen molar-refractivity contribution < 1.29 is 0 Å². The molecule has 0 heterocycles. The van der Waals surface area contributed by atoms with E-state index in [9.17, 15) is 0 Å². The number of rotatable bonds is 2. The summed E-state index contributed by atoms with van der Waals surface area (Å²) in [5.41, 5.74) is 4.38. The Kier molecular flexibility index (Phi) is 3.06. The molecule has 0 aromatic heterocycles. The molecule has 0 unspecified atom stereocenters. The second-order valence-electron chi connectivity index (χ2n) is 2.39. The quantitative estimate of drug-likeness (QED) is 0.471. The van der Waals surface area contributed by atoms with E-state index in [1.54, 1.807) is 6.08 Å². The Bertz CT molecular complexity index is 321. The lowest BCUT2D eigenvalue weighted by atomic mass is 10.1. The van der Waals surface area contributed by atoms with Gasteiger partial charge < -0.3 is 5.41 Å². The van der Waals surface area contributed by atoms with Gasteiger partial charge in [0.2, 0.25) is 0 Å². The van der Waals surface area contributed by atoms with Crippen LogP contribution in [0.25, 0.3) is 0 Å². The van der Waals surface area contributed by atoms with Crippen LogP contribution in [0.15, 0.2) is 53.8 Å². The average Bonchev–Trinajstić information content (AvgIpc) is 2.32. The van der Waals surface area contributed by atoms with Crippen LogP contribution in [0, 0.1) is 5.41 Å². The first-order chi connectivity index (χ1) is 5.84. The predicted octanol–water partition coefficient (Wildman–Crippen LogP) is 2.79. The van der Waals surface area contributed by atoms with Crippen LogP contribution >= 0.6 is 0 Å². The molecule has 1 rings (SSSR count). The van der Waals surface area contributed by atoms with Gasteiger partial charge in [0.1, 0.15) is 0 Å². The van der Waals surface area contributed by atoms with Crippen molar-refractivity contribution in [2.45, 2.75) is 6.92 Å². The van der Waals surface area contributed by atoms with Gasteiger partial charge in [0.15, 0.2) is 0 Å². The molecule has 0 aromatic rings. The van der Waals surface area contributed by atoms with Crippen molar-refractivity contribution in [2.24, 2.45) is 0 Å². The third-order valence-electron chi connectivity index (χ3n) is 1.47. The Morgan fingerprint density at radius 3 is 3.08 bits per heavy atom. The standard InChI is InChI=1S/C11H11N/c1-2-7-11(12)10-8-5-3-4-6-9-10/h2-3,5-9,12H,1H3. The summed E-state index contributed by atoms with van der Waals surface area (Å²) in [5, 5.41) is 7.61.